The largest absolute Gasteiger partial charge is 0.354 e. The third-order valence-corrected chi connectivity index (χ3v) is 9.03. The molecule has 210 valence electrons. The summed E-state index contributed by atoms with van der Waals surface area (Å²) in [7, 11) is -1.90. The number of aromatic nitrogens is 2. The van der Waals surface area contributed by atoms with Crippen molar-refractivity contribution in [2.24, 2.45) is 0 Å². The van der Waals surface area contributed by atoms with E-state index in [1.165, 1.54) is 22.2 Å². The molecule has 2 amide bonds. The highest BCUT2D eigenvalue weighted by atomic mass is 35.5. The van der Waals surface area contributed by atoms with Crippen molar-refractivity contribution in [2.45, 2.75) is 12.1 Å². The molecule has 0 bridgehead atoms. The molecule has 1 fully saturated rings. The summed E-state index contributed by atoms with van der Waals surface area (Å²) in [5, 5.41) is 2.32. The Morgan fingerprint density at radius 1 is 1.17 bits per heavy atom. The van der Waals surface area contributed by atoms with Gasteiger partial charge in [0.1, 0.15) is 27.1 Å². The predicted octanol–water partition coefficient (Wildman–Crippen LogP) is 3.84. The van der Waals surface area contributed by atoms with Crippen LogP contribution in [0.2, 0.25) is 5.02 Å². The Labute approximate surface area is 240 Å². The Bertz CT molecular complexity index is 1890. The maximum Gasteiger partial charge on any atom is 0.251 e. The summed E-state index contributed by atoms with van der Waals surface area (Å²) in [5.74, 6) is -1.72. The molecular weight excluding hydrogens is 569 g/mol. The van der Waals surface area contributed by atoms with Gasteiger partial charge in [-0.3, -0.25) is 19.6 Å². The number of hydrogen-bond donors (Lipinski definition) is 0. The lowest BCUT2D eigenvalue weighted by Crippen LogP contribution is -2.67. The molecule has 12 heteroatoms. The lowest BCUT2D eigenvalue weighted by atomic mass is 9.97. The molecule has 9 nitrogen and oxygen atoms in total. The predicted molar refractivity (Wildman–Crippen MR) is 157 cm³/mol. The van der Waals surface area contributed by atoms with Crippen molar-refractivity contribution in [3.05, 3.63) is 72.3 Å². The zero-order chi connectivity index (χ0) is 29.2. The molecule has 2 aromatic carbocycles. The SMILES string of the molecule is C=CC(=O)N1C[C@H]2C(=O)N(C)c3cnc4c(F)c(-c5cccc6cccc(Cl)c56)ncc4c3N2C[C@@H]1CS(C)(=O)=O. The Morgan fingerprint density at radius 2 is 1.90 bits per heavy atom. The molecule has 0 unspecified atom stereocenters. The summed E-state index contributed by atoms with van der Waals surface area (Å²) in [6.07, 6.45) is 5.15. The number of carbonyl (C=O) groups excluding carboxylic acids is 2. The second-order valence-electron chi connectivity index (χ2n) is 10.3. The van der Waals surface area contributed by atoms with Gasteiger partial charge in [0.05, 0.1) is 35.9 Å². The number of sulfone groups is 1. The van der Waals surface area contributed by atoms with E-state index in [0.717, 1.165) is 17.7 Å². The number of nitrogens with zero attached hydrogens (tertiary/aromatic N) is 5. The highest BCUT2D eigenvalue weighted by molar-refractivity contribution is 7.90. The lowest BCUT2D eigenvalue weighted by Gasteiger charge is -2.50. The van der Waals surface area contributed by atoms with Gasteiger partial charge in [0.25, 0.3) is 5.91 Å². The fourth-order valence-electron chi connectivity index (χ4n) is 5.90. The fraction of sp³-hybridized carbons (Fsp3) is 0.241. The number of hydrogen-bond acceptors (Lipinski definition) is 7. The van der Waals surface area contributed by atoms with E-state index < -0.39 is 33.6 Å². The van der Waals surface area contributed by atoms with E-state index in [2.05, 4.69) is 16.5 Å². The van der Waals surface area contributed by atoms with Crippen LogP contribution in [0, 0.1) is 5.82 Å². The molecule has 1 saturated heterocycles. The molecule has 2 aliphatic heterocycles. The van der Waals surface area contributed by atoms with Gasteiger partial charge in [-0.25, -0.2) is 12.8 Å². The van der Waals surface area contributed by atoms with Crippen LogP contribution in [0.1, 0.15) is 0 Å². The summed E-state index contributed by atoms with van der Waals surface area (Å²) in [4.78, 5) is 39.6. The van der Waals surface area contributed by atoms with Gasteiger partial charge in [-0.1, -0.05) is 48.5 Å². The molecule has 2 aliphatic rings. The lowest BCUT2D eigenvalue weighted by molar-refractivity contribution is -0.130. The van der Waals surface area contributed by atoms with E-state index in [1.54, 1.807) is 30.1 Å². The fourth-order valence-corrected chi connectivity index (χ4v) is 7.16. The average molecular weight is 594 g/mol. The van der Waals surface area contributed by atoms with E-state index in [0.29, 0.717) is 32.7 Å². The van der Waals surface area contributed by atoms with Gasteiger partial charge in [0.15, 0.2) is 5.82 Å². The molecule has 2 atom stereocenters. The number of likely N-dealkylation sites (N-methyl/N-ethyl adjacent to an activating group) is 1. The zero-order valence-electron chi connectivity index (χ0n) is 22.2. The minimum atomic E-state index is -3.49. The van der Waals surface area contributed by atoms with E-state index in [-0.39, 0.29) is 36.0 Å². The molecule has 2 aromatic heterocycles. The van der Waals surface area contributed by atoms with E-state index in [4.69, 9.17) is 11.6 Å². The second kappa shape index (κ2) is 9.78. The highest BCUT2D eigenvalue weighted by Gasteiger charge is 2.46. The maximum absolute atomic E-state index is 16.3. The third-order valence-electron chi connectivity index (χ3n) is 7.73. The first-order valence-corrected chi connectivity index (χ1v) is 15.2. The molecule has 0 N–H and O–H groups in total. The topological polar surface area (TPSA) is 104 Å². The number of rotatable bonds is 4. The minimum Gasteiger partial charge on any atom is -0.354 e. The first-order valence-electron chi connectivity index (χ1n) is 12.8. The van der Waals surface area contributed by atoms with E-state index in [1.807, 2.05) is 18.2 Å². The average Bonchev–Trinajstić information content (AvgIpc) is 2.94. The van der Waals surface area contributed by atoms with Gasteiger partial charge < -0.3 is 14.7 Å². The molecule has 6 rings (SSSR count). The first kappa shape index (κ1) is 27.1. The number of halogens is 2. The normalized spacial score (nSPS) is 18.9. The van der Waals surface area contributed by atoms with E-state index in [9.17, 15) is 18.0 Å². The smallest absolute Gasteiger partial charge is 0.251 e. The molecule has 41 heavy (non-hydrogen) atoms. The van der Waals surface area contributed by atoms with Gasteiger partial charge in [0, 0.05) is 47.4 Å². The van der Waals surface area contributed by atoms with Crippen LogP contribution in [0.5, 0.6) is 0 Å². The number of anilines is 2. The minimum absolute atomic E-state index is 0.0330. The zero-order valence-corrected chi connectivity index (χ0v) is 23.8. The van der Waals surface area contributed by atoms with Crippen LogP contribution < -0.4 is 9.80 Å². The highest BCUT2D eigenvalue weighted by Crippen LogP contribution is 2.44. The van der Waals surface area contributed by atoms with Crippen molar-refractivity contribution in [2.75, 3.05) is 41.9 Å². The van der Waals surface area contributed by atoms with Gasteiger partial charge in [-0.05, 0) is 17.5 Å². The third kappa shape index (κ3) is 4.40. The molecule has 0 spiro atoms. The monoisotopic (exact) mass is 593 g/mol. The Hall–Kier alpha value is -4.09. The summed E-state index contributed by atoms with van der Waals surface area (Å²) in [6, 6.07) is 9.29. The van der Waals surface area contributed by atoms with Gasteiger partial charge >= 0.3 is 0 Å². The Kier molecular flexibility index (Phi) is 6.46. The molecule has 4 heterocycles. The summed E-state index contributed by atoms with van der Waals surface area (Å²) < 4.78 is 40.9. The van der Waals surface area contributed by atoms with Crippen LogP contribution >= 0.6 is 11.6 Å². The van der Waals surface area contributed by atoms with Crippen LogP contribution in [0.15, 0.2) is 61.4 Å². The summed E-state index contributed by atoms with van der Waals surface area (Å²) >= 11 is 6.50. The number of benzene rings is 2. The number of amides is 2. The molecular formula is C29H25ClFN5O4S. The van der Waals surface area contributed by atoms with Crippen LogP contribution in [0.3, 0.4) is 0 Å². The molecule has 0 saturated carbocycles. The van der Waals surface area contributed by atoms with Crippen molar-refractivity contribution in [3.8, 4) is 11.3 Å². The number of fused-ring (bicyclic) bond motifs is 6. The van der Waals surface area contributed by atoms with Crippen LogP contribution in [-0.4, -0.2) is 79.3 Å². The Balaban J connectivity index is 1.54. The quantitative estimate of drug-likeness (QED) is 0.331. The molecule has 4 aromatic rings. The van der Waals surface area contributed by atoms with Crippen molar-refractivity contribution in [1.82, 2.24) is 14.9 Å². The standard InChI is InChI=1S/C29H25ClFN5O4S/c1-4-23(37)35-14-22-29(38)34(2)21-12-33-27-19(28(21)36(22)13-17(35)15-41(3,39)40)11-32-26(25(27)31)18-9-5-7-16-8-6-10-20(30)24(16)18/h4-12,17,22H,1,13-15H2,2-3H3/t17-,22+/m1/s1. The van der Waals surface area contributed by atoms with Crippen LogP contribution in [0.25, 0.3) is 32.9 Å². The molecule has 0 radical (unpaired) electrons. The van der Waals surface area contributed by atoms with Gasteiger partial charge in [-0.2, -0.15) is 0 Å². The summed E-state index contributed by atoms with van der Waals surface area (Å²) in [5.41, 5.74) is 1.57. The van der Waals surface area contributed by atoms with Crippen molar-refractivity contribution >= 4 is 66.3 Å². The Morgan fingerprint density at radius 3 is 2.61 bits per heavy atom. The van der Waals surface area contributed by atoms with E-state index >= 15 is 4.39 Å². The van der Waals surface area contributed by atoms with Crippen molar-refractivity contribution in [1.29, 1.82) is 0 Å². The maximum atomic E-state index is 16.3. The van der Waals surface area contributed by atoms with Crippen LogP contribution in [0.4, 0.5) is 15.8 Å². The van der Waals surface area contributed by atoms with Gasteiger partial charge in [-0.15, -0.1) is 0 Å². The summed E-state index contributed by atoms with van der Waals surface area (Å²) in [6.45, 7) is 3.51. The van der Waals surface area contributed by atoms with Crippen molar-refractivity contribution in [3.63, 3.8) is 0 Å². The first-order chi connectivity index (χ1) is 19.5. The number of pyridine rings is 2. The second-order valence-corrected chi connectivity index (χ2v) is 12.9. The van der Waals surface area contributed by atoms with Crippen LogP contribution in [-0.2, 0) is 19.4 Å². The van der Waals surface area contributed by atoms with Gasteiger partial charge in [0.2, 0.25) is 5.91 Å². The molecule has 0 aliphatic carbocycles. The van der Waals surface area contributed by atoms with Crippen molar-refractivity contribution < 1.29 is 22.4 Å². The number of piperazine rings is 1. The number of carbonyl (C=O) groups is 2.